The minimum Gasteiger partial charge on any atom is -0.360 e. The largest absolute Gasteiger partial charge is 0.360 e. The van der Waals surface area contributed by atoms with Gasteiger partial charge in [-0.1, -0.05) is 64.7 Å². The molecule has 0 amide bonds. The number of unbranched alkanes of at least 4 members (excludes halogenated alkanes) is 4. The summed E-state index contributed by atoms with van der Waals surface area (Å²) in [5.74, 6) is 1.81. The first-order chi connectivity index (χ1) is 10.8. The summed E-state index contributed by atoms with van der Waals surface area (Å²) in [5.41, 5.74) is -0.448. The van der Waals surface area contributed by atoms with Gasteiger partial charge >= 0.3 is 0 Å². The fourth-order valence-electron chi connectivity index (χ4n) is 4.44. The van der Waals surface area contributed by atoms with Crippen molar-refractivity contribution in [2.75, 3.05) is 6.61 Å². The first-order valence-electron chi connectivity index (χ1n) is 9.85. The van der Waals surface area contributed by atoms with Gasteiger partial charge in [-0.2, -0.15) is 5.26 Å². The van der Waals surface area contributed by atoms with Gasteiger partial charge in [-0.3, -0.25) is 0 Å². The third-order valence-electron chi connectivity index (χ3n) is 5.98. The second-order valence-corrected chi connectivity index (χ2v) is 7.60. The lowest BCUT2D eigenvalue weighted by molar-refractivity contribution is -0.0448. The molecule has 0 atom stereocenters. The van der Waals surface area contributed by atoms with Gasteiger partial charge in [-0.05, 0) is 43.9 Å². The van der Waals surface area contributed by atoms with Crippen LogP contribution in [0.15, 0.2) is 0 Å². The topological polar surface area (TPSA) is 33.0 Å². The molecule has 2 aliphatic carbocycles. The zero-order valence-electron chi connectivity index (χ0n) is 14.6. The van der Waals surface area contributed by atoms with Crippen LogP contribution in [0.4, 0.5) is 0 Å². The summed E-state index contributed by atoms with van der Waals surface area (Å²) in [6, 6.07) is 2.52. The van der Waals surface area contributed by atoms with Gasteiger partial charge in [0.15, 0.2) is 5.60 Å². The molecule has 2 nitrogen and oxygen atoms in total. The van der Waals surface area contributed by atoms with Gasteiger partial charge in [-0.25, -0.2) is 0 Å². The number of ether oxygens (including phenoxy) is 1. The molecule has 0 bridgehead atoms. The van der Waals surface area contributed by atoms with Crippen molar-refractivity contribution in [3.8, 4) is 6.07 Å². The van der Waals surface area contributed by atoms with E-state index in [1.165, 1.54) is 70.6 Å². The van der Waals surface area contributed by atoms with E-state index < -0.39 is 5.60 Å². The van der Waals surface area contributed by atoms with Crippen LogP contribution in [0.1, 0.15) is 96.8 Å². The molecule has 0 saturated heterocycles. The molecule has 2 rings (SSSR count). The highest BCUT2D eigenvalue weighted by atomic mass is 16.5. The molecule has 0 aromatic carbocycles. The van der Waals surface area contributed by atoms with Crippen molar-refractivity contribution < 1.29 is 4.74 Å². The van der Waals surface area contributed by atoms with Crippen LogP contribution in [0.5, 0.6) is 0 Å². The molecule has 2 aliphatic rings. The van der Waals surface area contributed by atoms with Crippen molar-refractivity contribution in [1.82, 2.24) is 0 Å². The van der Waals surface area contributed by atoms with E-state index in [9.17, 15) is 5.26 Å². The highest BCUT2D eigenvalue weighted by Gasteiger charge is 2.38. The van der Waals surface area contributed by atoms with Gasteiger partial charge in [0.1, 0.15) is 0 Å². The predicted octanol–water partition coefficient (Wildman–Crippen LogP) is 6.01. The first-order valence-corrected chi connectivity index (χ1v) is 9.85. The maximum atomic E-state index is 9.60. The predicted molar refractivity (Wildman–Crippen MR) is 91.6 cm³/mol. The molecule has 0 spiro atoms. The van der Waals surface area contributed by atoms with Gasteiger partial charge in [-0.15, -0.1) is 0 Å². The van der Waals surface area contributed by atoms with E-state index in [1.807, 2.05) is 0 Å². The summed E-state index contributed by atoms with van der Waals surface area (Å²) >= 11 is 0. The number of rotatable bonds is 8. The van der Waals surface area contributed by atoms with Gasteiger partial charge in [0, 0.05) is 6.61 Å². The Kier molecular flexibility index (Phi) is 7.73. The van der Waals surface area contributed by atoms with Crippen LogP contribution in [0.2, 0.25) is 0 Å². The van der Waals surface area contributed by atoms with Gasteiger partial charge in [0.25, 0.3) is 0 Å². The van der Waals surface area contributed by atoms with Gasteiger partial charge in [0.05, 0.1) is 6.07 Å². The Bertz CT molecular complexity index is 332. The minimum atomic E-state index is -0.448. The van der Waals surface area contributed by atoms with E-state index in [2.05, 4.69) is 13.0 Å². The SMILES string of the molecule is CCCCCCCO[C@]1(C#N)CC[C@@H](C2CCCCC2)CC1. The summed E-state index contributed by atoms with van der Waals surface area (Å²) in [6.45, 7) is 3.03. The lowest BCUT2D eigenvalue weighted by Gasteiger charge is -2.39. The quantitative estimate of drug-likeness (QED) is 0.515. The molecular weight excluding hydrogens is 270 g/mol. The molecule has 2 heteroatoms. The molecule has 0 aromatic rings. The third-order valence-corrected chi connectivity index (χ3v) is 5.98. The van der Waals surface area contributed by atoms with Crippen molar-refractivity contribution in [2.45, 2.75) is 102 Å². The van der Waals surface area contributed by atoms with Gasteiger partial charge in [0.2, 0.25) is 0 Å². The standard InChI is InChI=1S/C20H35NO/c1-2-3-4-5-9-16-22-20(17-21)14-12-19(13-15-20)18-10-7-6-8-11-18/h18-19H,2-16H2,1H3/t19-,20-. The maximum absolute atomic E-state index is 9.60. The van der Waals surface area contributed by atoms with E-state index in [4.69, 9.17) is 4.74 Å². The molecular formula is C20H35NO. The Morgan fingerprint density at radius 3 is 2.18 bits per heavy atom. The van der Waals surface area contributed by atoms with Crippen molar-refractivity contribution in [3.05, 3.63) is 0 Å². The Morgan fingerprint density at radius 2 is 1.55 bits per heavy atom. The molecule has 22 heavy (non-hydrogen) atoms. The van der Waals surface area contributed by atoms with Crippen LogP contribution in [-0.4, -0.2) is 12.2 Å². The average molecular weight is 306 g/mol. The number of hydrogen-bond donors (Lipinski definition) is 0. The van der Waals surface area contributed by atoms with E-state index in [-0.39, 0.29) is 0 Å². The summed E-state index contributed by atoms with van der Waals surface area (Å²) in [7, 11) is 0. The minimum absolute atomic E-state index is 0.448. The fourth-order valence-corrected chi connectivity index (χ4v) is 4.44. The average Bonchev–Trinajstić information content (AvgIpc) is 2.59. The smallest absolute Gasteiger partial charge is 0.154 e. The molecule has 0 aromatic heterocycles. The number of nitriles is 1. The van der Waals surface area contributed by atoms with Crippen LogP contribution in [0.3, 0.4) is 0 Å². The molecule has 0 heterocycles. The molecule has 2 saturated carbocycles. The molecule has 126 valence electrons. The lowest BCUT2D eigenvalue weighted by atomic mass is 9.70. The van der Waals surface area contributed by atoms with Crippen LogP contribution in [0, 0.1) is 23.2 Å². The maximum Gasteiger partial charge on any atom is 0.154 e. The molecule has 0 N–H and O–H groups in total. The highest BCUT2D eigenvalue weighted by molar-refractivity contribution is 5.05. The Morgan fingerprint density at radius 1 is 0.909 bits per heavy atom. The van der Waals surface area contributed by atoms with Crippen molar-refractivity contribution in [2.24, 2.45) is 11.8 Å². The Balaban J connectivity index is 1.68. The summed E-state index contributed by atoms with van der Waals surface area (Å²) in [5, 5.41) is 9.60. The molecule has 0 radical (unpaired) electrons. The van der Waals surface area contributed by atoms with Crippen molar-refractivity contribution in [3.63, 3.8) is 0 Å². The zero-order chi connectivity index (χ0) is 15.7. The second-order valence-electron chi connectivity index (χ2n) is 7.60. The van der Waals surface area contributed by atoms with Crippen LogP contribution < -0.4 is 0 Å². The van der Waals surface area contributed by atoms with E-state index >= 15 is 0 Å². The van der Waals surface area contributed by atoms with Crippen LogP contribution in [0.25, 0.3) is 0 Å². The fraction of sp³-hybridized carbons (Fsp3) is 0.950. The highest BCUT2D eigenvalue weighted by Crippen LogP contribution is 2.42. The van der Waals surface area contributed by atoms with Crippen LogP contribution in [-0.2, 0) is 4.74 Å². The Hall–Kier alpha value is -0.550. The van der Waals surface area contributed by atoms with Crippen molar-refractivity contribution >= 4 is 0 Å². The van der Waals surface area contributed by atoms with E-state index in [1.54, 1.807) is 0 Å². The van der Waals surface area contributed by atoms with Gasteiger partial charge < -0.3 is 4.74 Å². The molecule has 0 aliphatic heterocycles. The summed E-state index contributed by atoms with van der Waals surface area (Å²) in [6.07, 6.45) is 17.8. The first kappa shape index (κ1) is 17.8. The lowest BCUT2D eigenvalue weighted by Crippen LogP contribution is -2.38. The molecule has 2 fully saturated rings. The van der Waals surface area contributed by atoms with E-state index in [0.29, 0.717) is 0 Å². The Labute approximate surface area is 137 Å². The monoisotopic (exact) mass is 305 g/mol. The zero-order valence-corrected chi connectivity index (χ0v) is 14.6. The summed E-state index contributed by atoms with van der Waals surface area (Å²) < 4.78 is 6.07. The number of hydrogen-bond acceptors (Lipinski definition) is 2. The van der Waals surface area contributed by atoms with E-state index in [0.717, 1.165) is 37.7 Å². The van der Waals surface area contributed by atoms with Crippen LogP contribution >= 0.6 is 0 Å². The third kappa shape index (κ3) is 5.27. The normalized spacial score (nSPS) is 30.1. The molecule has 0 unspecified atom stereocenters. The summed E-state index contributed by atoms with van der Waals surface area (Å²) in [4.78, 5) is 0. The second kappa shape index (κ2) is 9.56. The van der Waals surface area contributed by atoms with Crippen molar-refractivity contribution in [1.29, 1.82) is 5.26 Å². The number of nitrogens with zero attached hydrogens (tertiary/aromatic N) is 1.